The van der Waals surface area contributed by atoms with Crippen molar-refractivity contribution in [2.24, 2.45) is 0 Å². The van der Waals surface area contributed by atoms with E-state index in [9.17, 15) is 4.79 Å². The standard InChI is InChI=1S/C15H20ClNO/c1-3-4-5-10-17-15(18)9-8-13-7-6-12(2)14(16)11-13/h3-4,6-7,11H,5,8-10H2,1-2H3,(H,17,18)/b4-3+. The molecule has 1 aromatic carbocycles. The summed E-state index contributed by atoms with van der Waals surface area (Å²) in [6.45, 7) is 4.65. The molecule has 0 aliphatic carbocycles. The number of benzene rings is 1. The van der Waals surface area contributed by atoms with E-state index in [1.807, 2.05) is 44.2 Å². The molecule has 0 aromatic heterocycles. The van der Waals surface area contributed by atoms with Crippen LogP contribution in [0, 0.1) is 6.92 Å². The second-order valence-electron chi connectivity index (χ2n) is 4.29. The molecule has 0 saturated carbocycles. The van der Waals surface area contributed by atoms with Crippen LogP contribution in [0.2, 0.25) is 5.02 Å². The Labute approximate surface area is 114 Å². The van der Waals surface area contributed by atoms with Crippen LogP contribution in [0.15, 0.2) is 30.4 Å². The van der Waals surface area contributed by atoms with Gasteiger partial charge in [0.2, 0.25) is 5.91 Å². The van der Waals surface area contributed by atoms with Gasteiger partial charge in [0.05, 0.1) is 0 Å². The van der Waals surface area contributed by atoms with Crippen LogP contribution in [0.5, 0.6) is 0 Å². The lowest BCUT2D eigenvalue weighted by atomic mass is 10.1. The lowest BCUT2D eigenvalue weighted by molar-refractivity contribution is -0.121. The first-order valence-electron chi connectivity index (χ1n) is 6.26. The lowest BCUT2D eigenvalue weighted by Gasteiger charge is -2.05. The Morgan fingerprint density at radius 2 is 2.22 bits per heavy atom. The number of allylic oxidation sites excluding steroid dienone is 1. The number of rotatable bonds is 6. The average Bonchev–Trinajstić information content (AvgIpc) is 2.36. The van der Waals surface area contributed by atoms with Gasteiger partial charge in [0.25, 0.3) is 0 Å². The van der Waals surface area contributed by atoms with E-state index in [1.165, 1.54) is 0 Å². The molecule has 1 aromatic rings. The molecule has 1 N–H and O–H groups in total. The Morgan fingerprint density at radius 3 is 2.89 bits per heavy atom. The van der Waals surface area contributed by atoms with Crippen molar-refractivity contribution in [3.8, 4) is 0 Å². The van der Waals surface area contributed by atoms with Gasteiger partial charge in [0.1, 0.15) is 0 Å². The first-order valence-corrected chi connectivity index (χ1v) is 6.64. The maximum Gasteiger partial charge on any atom is 0.220 e. The van der Waals surface area contributed by atoms with Crippen molar-refractivity contribution < 1.29 is 4.79 Å². The monoisotopic (exact) mass is 265 g/mol. The predicted molar refractivity (Wildman–Crippen MR) is 77.0 cm³/mol. The Bertz CT molecular complexity index is 427. The van der Waals surface area contributed by atoms with Crippen LogP contribution in [0.4, 0.5) is 0 Å². The van der Waals surface area contributed by atoms with Gasteiger partial charge in [-0.15, -0.1) is 0 Å². The lowest BCUT2D eigenvalue weighted by Crippen LogP contribution is -2.24. The zero-order valence-electron chi connectivity index (χ0n) is 11.0. The molecule has 0 atom stereocenters. The molecular weight excluding hydrogens is 246 g/mol. The van der Waals surface area contributed by atoms with Crippen molar-refractivity contribution in [3.05, 3.63) is 46.5 Å². The number of carbonyl (C=O) groups is 1. The number of halogens is 1. The molecule has 3 heteroatoms. The number of carbonyl (C=O) groups excluding carboxylic acids is 1. The van der Waals surface area contributed by atoms with E-state index in [0.717, 1.165) is 29.0 Å². The van der Waals surface area contributed by atoms with Gasteiger partial charge in [-0.3, -0.25) is 4.79 Å². The normalized spacial score (nSPS) is 10.8. The Hall–Kier alpha value is -1.28. The fourth-order valence-electron chi connectivity index (χ4n) is 1.60. The minimum Gasteiger partial charge on any atom is -0.356 e. The van der Waals surface area contributed by atoms with E-state index < -0.39 is 0 Å². The van der Waals surface area contributed by atoms with Gasteiger partial charge in [0.15, 0.2) is 0 Å². The number of amides is 1. The van der Waals surface area contributed by atoms with Gasteiger partial charge >= 0.3 is 0 Å². The van der Waals surface area contributed by atoms with Crippen molar-refractivity contribution in [2.45, 2.75) is 33.1 Å². The third-order valence-corrected chi connectivity index (χ3v) is 3.15. The van der Waals surface area contributed by atoms with Crippen LogP contribution < -0.4 is 5.32 Å². The number of aryl methyl sites for hydroxylation is 2. The summed E-state index contributed by atoms with van der Waals surface area (Å²) in [5.41, 5.74) is 2.17. The Balaban J connectivity index is 2.31. The smallest absolute Gasteiger partial charge is 0.220 e. The largest absolute Gasteiger partial charge is 0.356 e. The quantitative estimate of drug-likeness (QED) is 0.617. The fourth-order valence-corrected chi connectivity index (χ4v) is 1.80. The maximum atomic E-state index is 11.6. The minimum atomic E-state index is 0.0937. The SMILES string of the molecule is C/C=C/CCNC(=O)CCc1ccc(C)c(Cl)c1. The van der Waals surface area contributed by atoms with Gasteiger partial charge in [-0.25, -0.2) is 0 Å². The second-order valence-corrected chi connectivity index (χ2v) is 4.70. The first-order chi connectivity index (χ1) is 8.63. The highest BCUT2D eigenvalue weighted by atomic mass is 35.5. The van der Waals surface area contributed by atoms with Crippen LogP contribution in [0.3, 0.4) is 0 Å². The van der Waals surface area contributed by atoms with E-state index in [1.54, 1.807) is 0 Å². The highest BCUT2D eigenvalue weighted by molar-refractivity contribution is 6.31. The predicted octanol–water partition coefficient (Wildman–Crippen LogP) is 3.66. The zero-order chi connectivity index (χ0) is 13.4. The van der Waals surface area contributed by atoms with Crippen LogP contribution in [-0.4, -0.2) is 12.5 Å². The van der Waals surface area contributed by atoms with Crippen molar-refractivity contribution in [1.82, 2.24) is 5.32 Å². The van der Waals surface area contributed by atoms with Crippen LogP contribution in [-0.2, 0) is 11.2 Å². The molecule has 0 aliphatic rings. The molecule has 1 rings (SSSR count). The minimum absolute atomic E-state index is 0.0937. The van der Waals surface area contributed by atoms with Crippen molar-refractivity contribution >= 4 is 17.5 Å². The van der Waals surface area contributed by atoms with Crippen LogP contribution in [0.1, 0.15) is 30.9 Å². The van der Waals surface area contributed by atoms with E-state index in [4.69, 9.17) is 11.6 Å². The van der Waals surface area contributed by atoms with Gasteiger partial charge in [-0.2, -0.15) is 0 Å². The van der Waals surface area contributed by atoms with E-state index in [0.29, 0.717) is 13.0 Å². The summed E-state index contributed by atoms with van der Waals surface area (Å²) in [5.74, 6) is 0.0937. The Morgan fingerprint density at radius 1 is 1.44 bits per heavy atom. The molecule has 0 unspecified atom stereocenters. The van der Waals surface area contributed by atoms with Crippen LogP contribution in [0.25, 0.3) is 0 Å². The summed E-state index contributed by atoms with van der Waals surface area (Å²) in [4.78, 5) is 11.6. The van der Waals surface area contributed by atoms with Crippen molar-refractivity contribution in [1.29, 1.82) is 0 Å². The molecule has 18 heavy (non-hydrogen) atoms. The van der Waals surface area contributed by atoms with Gasteiger partial charge in [0, 0.05) is 18.0 Å². The zero-order valence-corrected chi connectivity index (χ0v) is 11.8. The summed E-state index contributed by atoms with van der Waals surface area (Å²) in [7, 11) is 0. The van der Waals surface area contributed by atoms with Gasteiger partial charge in [-0.1, -0.05) is 35.9 Å². The summed E-state index contributed by atoms with van der Waals surface area (Å²) in [6, 6.07) is 5.94. The first kappa shape index (κ1) is 14.8. The average molecular weight is 266 g/mol. The van der Waals surface area contributed by atoms with Crippen molar-refractivity contribution in [3.63, 3.8) is 0 Å². The second kappa shape index (κ2) is 7.93. The summed E-state index contributed by atoms with van der Waals surface area (Å²) in [6.07, 6.45) is 6.16. The topological polar surface area (TPSA) is 29.1 Å². The van der Waals surface area contributed by atoms with E-state index in [-0.39, 0.29) is 5.91 Å². The fraction of sp³-hybridized carbons (Fsp3) is 0.400. The van der Waals surface area contributed by atoms with Crippen molar-refractivity contribution in [2.75, 3.05) is 6.54 Å². The molecule has 0 spiro atoms. The highest BCUT2D eigenvalue weighted by Gasteiger charge is 2.03. The molecule has 0 heterocycles. The molecule has 2 nitrogen and oxygen atoms in total. The number of nitrogens with one attached hydrogen (secondary N) is 1. The summed E-state index contributed by atoms with van der Waals surface area (Å²) >= 11 is 6.04. The third kappa shape index (κ3) is 5.37. The highest BCUT2D eigenvalue weighted by Crippen LogP contribution is 2.17. The van der Waals surface area contributed by atoms with Gasteiger partial charge in [-0.05, 0) is 43.9 Å². The summed E-state index contributed by atoms with van der Waals surface area (Å²) < 4.78 is 0. The molecule has 0 bridgehead atoms. The summed E-state index contributed by atoms with van der Waals surface area (Å²) in [5, 5.41) is 3.66. The molecule has 0 saturated heterocycles. The molecule has 0 fully saturated rings. The van der Waals surface area contributed by atoms with Gasteiger partial charge < -0.3 is 5.32 Å². The van der Waals surface area contributed by atoms with Crippen LogP contribution >= 0.6 is 11.6 Å². The molecular formula is C15H20ClNO. The molecule has 0 aliphatic heterocycles. The number of hydrogen-bond acceptors (Lipinski definition) is 1. The molecule has 1 amide bonds. The molecule has 0 radical (unpaired) electrons. The number of hydrogen-bond donors (Lipinski definition) is 1. The Kier molecular flexibility index (Phi) is 6.51. The van der Waals surface area contributed by atoms with E-state index >= 15 is 0 Å². The maximum absolute atomic E-state index is 11.6. The third-order valence-electron chi connectivity index (χ3n) is 2.75. The van der Waals surface area contributed by atoms with E-state index in [2.05, 4.69) is 5.32 Å². The molecule has 98 valence electrons.